The highest BCUT2D eigenvalue weighted by Gasteiger charge is 2.22. The third kappa shape index (κ3) is 19.1. The fourth-order valence-corrected chi connectivity index (χ4v) is 5.92. The first kappa shape index (κ1) is 49.3. The summed E-state index contributed by atoms with van der Waals surface area (Å²) < 4.78 is 60.5. The molecule has 2 aromatic rings. The molecule has 2 aliphatic rings. The molecule has 61 heavy (non-hydrogen) atoms. The highest BCUT2D eigenvalue weighted by Crippen LogP contribution is 2.42. The minimum Gasteiger partial charge on any atom is -0.508 e. The van der Waals surface area contributed by atoms with Crippen LogP contribution in [0.5, 0.6) is 5.75 Å². The zero-order valence-electron chi connectivity index (χ0n) is 34.7. The maximum Gasteiger partial charge on any atom is 0.336 e. The Bertz CT molecular complexity index is 1890. The molecule has 0 spiro atoms. The number of nitrogens with one attached hydrogen (secondary N) is 2. The second-order valence-corrected chi connectivity index (χ2v) is 13.4. The molecule has 1 aliphatic carbocycles. The van der Waals surface area contributed by atoms with Gasteiger partial charge >= 0.3 is 5.97 Å². The van der Waals surface area contributed by atoms with E-state index in [1.807, 2.05) is 6.92 Å². The van der Waals surface area contributed by atoms with Crippen LogP contribution in [-0.4, -0.2) is 160 Å². The summed E-state index contributed by atoms with van der Waals surface area (Å²) >= 11 is 5.41. The van der Waals surface area contributed by atoms with E-state index in [2.05, 4.69) is 10.6 Å². The van der Waals surface area contributed by atoms with E-state index < -0.39 is 5.97 Å². The number of ether oxygens (including phenoxy) is 10. The van der Waals surface area contributed by atoms with Gasteiger partial charge in [-0.1, -0.05) is 6.07 Å². The number of hydrogen-bond acceptors (Lipinski definition) is 15. The molecule has 0 radical (unpaired) electrons. The Morgan fingerprint density at radius 1 is 0.607 bits per heavy atom. The molecule has 0 bridgehead atoms. The molecule has 2 aromatic carbocycles. The molecule has 0 atom stereocenters. The van der Waals surface area contributed by atoms with Gasteiger partial charge < -0.3 is 72.6 Å². The Hall–Kier alpha value is -4.31. The normalized spacial score (nSPS) is 11.4. The molecule has 0 saturated heterocycles. The fourth-order valence-electron chi connectivity index (χ4n) is 5.70. The van der Waals surface area contributed by atoms with E-state index >= 15 is 0 Å². The van der Waals surface area contributed by atoms with Crippen molar-refractivity contribution >= 4 is 40.0 Å². The van der Waals surface area contributed by atoms with Crippen molar-refractivity contribution in [2.24, 2.45) is 0 Å². The summed E-state index contributed by atoms with van der Waals surface area (Å²) in [5, 5.41) is 27.2. The van der Waals surface area contributed by atoms with Crippen LogP contribution in [0, 0.1) is 0 Å². The molecule has 4 N–H and O–H groups in total. The summed E-state index contributed by atoms with van der Waals surface area (Å²) in [5.74, 6) is -0.917. The summed E-state index contributed by atoms with van der Waals surface area (Å²) in [6.45, 7) is 12.2. The van der Waals surface area contributed by atoms with Crippen molar-refractivity contribution in [3.63, 3.8) is 0 Å². The molecule has 0 fully saturated rings. The van der Waals surface area contributed by atoms with E-state index in [1.54, 1.807) is 24.3 Å². The SMILES string of the molecule is CCOCCOCCOCCOCCOCCOCCOCCOCCOCCOCCNC(=S)Nc1ccc(-c2c3ccc(=O)cc-3oc3cc(O)ccc23)c(C(=O)O)c1. The summed E-state index contributed by atoms with van der Waals surface area (Å²) in [7, 11) is 0. The van der Waals surface area contributed by atoms with Gasteiger partial charge in [0.05, 0.1) is 131 Å². The lowest BCUT2D eigenvalue weighted by Crippen LogP contribution is -2.31. The lowest BCUT2D eigenvalue weighted by molar-refractivity contribution is -0.0262. The van der Waals surface area contributed by atoms with Gasteiger partial charge in [-0.25, -0.2) is 4.79 Å². The highest BCUT2D eigenvalue weighted by atomic mass is 32.1. The summed E-state index contributed by atoms with van der Waals surface area (Å²) in [6.07, 6.45) is 0. The Morgan fingerprint density at radius 2 is 1.08 bits per heavy atom. The Balaban J connectivity index is 0.953. The van der Waals surface area contributed by atoms with E-state index in [4.69, 9.17) is 64.0 Å². The van der Waals surface area contributed by atoms with Crippen LogP contribution < -0.4 is 16.1 Å². The van der Waals surface area contributed by atoms with Gasteiger partial charge in [0, 0.05) is 47.5 Å². The number of rotatable bonds is 34. The summed E-state index contributed by atoms with van der Waals surface area (Å²) in [4.78, 5) is 24.6. The summed E-state index contributed by atoms with van der Waals surface area (Å²) in [6, 6.07) is 13.8. The average Bonchev–Trinajstić information content (AvgIpc) is 3.24. The van der Waals surface area contributed by atoms with Gasteiger partial charge in [0.1, 0.15) is 17.1 Å². The molecule has 17 nitrogen and oxygen atoms in total. The van der Waals surface area contributed by atoms with Crippen LogP contribution in [0.2, 0.25) is 0 Å². The largest absolute Gasteiger partial charge is 0.508 e. The number of aromatic hydroxyl groups is 1. The van der Waals surface area contributed by atoms with Crippen molar-refractivity contribution in [1.82, 2.24) is 5.32 Å². The number of phenolic OH excluding ortho intramolecular Hbond substituents is 1. The maximum atomic E-state index is 12.5. The quantitative estimate of drug-likeness (QED) is 0.0291. The van der Waals surface area contributed by atoms with Crippen LogP contribution in [0.1, 0.15) is 17.3 Å². The molecule has 1 heterocycles. The minimum absolute atomic E-state index is 0.00585. The van der Waals surface area contributed by atoms with Crippen LogP contribution in [0.4, 0.5) is 5.69 Å². The third-order valence-electron chi connectivity index (χ3n) is 8.54. The zero-order valence-corrected chi connectivity index (χ0v) is 35.5. The molecule has 0 amide bonds. The highest BCUT2D eigenvalue weighted by molar-refractivity contribution is 7.80. The number of hydrogen-bond donors (Lipinski definition) is 4. The molecule has 1 aliphatic heterocycles. The second kappa shape index (κ2) is 29.9. The van der Waals surface area contributed by atoms with Crippen molar-refractivity contribution in [3.8, 4) is 28.2 Å². The number of phenols is 1. The van der Waals surface area contributed by atoms with Gasteiger partial charge in [-0.3, -0.25) is 4.79 Å². The molecule has 18 heteroatoms. The van der Waals surface area contributed by atoms with Crippen LogP contribution in [0.15, 0.2) is 63.8 Å². The number of carboxylic acids is 1. The van der Waals surface area contributed by atoms with Gasteiger partial charge in [0.2, 0.25) is 0 Å². The first-order valence-corrected chi connectivity index (χ1v) is 20.7. The molecule has 0 saturated carbocycles. The van der Waals surface area contributed by atoms with Crippen molar-refractivity contribution in [2.75, 3.05) is 144 Å². The summed E-state index contributed by atoms with van der Waals surface area (Å²) in [5.41, 5.74) is 2.03. The van der Waals surface area contributed by atoms with E-state index in [1.165, 1.54) is 30.3 Å². The molecule has 0 aromatic heterocycles. The predicted molar refractivity (Wildman–Crippen MR) is 231 cm³/mol. The van der Waals surface area contributed by atoms with Gasteiger partial charge in [-0.05, 0) is 61.1 Å². The van der Waals surface area contributed by atoms with E-state index in [9.17, 15) is 19.8 Å². The Morgan fingerprint density at radius 3 is 1.57 bits per heavy atom. The smallest absolute Gasteiger partial charge is 0.336 e. The number of benzene rings is 3. The van der Waals surface area contributed by atoms with Crippen LogP contribution in [-0.2, 0) is 47.4 Å². The molecule has 336 valence electrons. The van der Waals surface area contributed by atoms with Gasteiger partial charge in [0.15, 0.2) is 10.5 Å². The Labute approximate surface area is 360 Å². The number of thiocarbonyl (C=S) groups is 1. The van der Waals surface area contributed by atoms with Crippen LogP contribution >= 0.6 is 12.2 Å². The van der Waals surface area contributed by atoms with E-state index in [-0.39, 0.29) is 22.5 Å². The molecule has 0 unspecified atom stereocenters. The van der Waals surface area contributed by atoms with E-state index in [0.29, 0.717) is 177 Å². The van der Waals surface area contributed by atoms with Crippen LogP contribution in [0.25, 0.3) is 33.4 Å². The monoisotopic (exact) mass is 874 g/mol. The maximum absolute atomic E-state index is 12.5. The zero-order chi connectivity index (χ0) is 43.3. The first-order chi connectivity index (χ1) is 29.9. The van der Waals surface area contributed by atoms with Gasteiger partial charge in [0.25, 0.3) is 0 Å². The second-order valence-electron chi connectivity index (χ2n) is 13.0. The third-order valence-corrected chi connectivity index (χ3v) is 8.78. The Kier molecular flexibility index (Phi) is 24.2. The van der Waals surface area contributed by atoms with Gasteiger partial charge in [-0.2, -0.15) is 0 Å². The number of anilines is 1. The molecular weight excluding hydrogens is 817 g/mol. The first-order valence-electron chi connectivity index (χ1n) is 20.3. The van der Waals surface area contributed by atoms with Gasteiger partial charge in [-0.15, -0.1) is 0 Å². The number of fused-ring (bicyclic) bond motifs is 2. The van der Waals surface area contributed by atoms with E-state index in [0.717, 1.165) is 0 Å². The van der Waals surface area contributed by atoms with Crippen molar-refractivity contribution < 1.29 is 66.8 Å². The minimum atomic E-state index is -1.16. The molecular formula is C43H58N2O15S. The number of aromatic carboxylic acids is 1. The van der Waals surface area contributed by atoms with Crippen molar-refractivity contribution in [1.29, 1.82) is 0 Å². The fraction of sp³-hybridized carbons (Fsp3) is 0.512. The molecule has 4 rings (SSSR count). The standard InChI is InChI=1S/C43H58N2O15S/c1-2-50-11-12-52-15-16-54-19-20-56-23-24-58-27-28-59-26-25-57-22-21-55-18-17-53-14-13-51-10-9-44-43(61)45-32-3-6-35(38(29-32)42(48)49)41-36-7-4-33(46)30-39(36)60-40-31-34(47)5-8-37(40)41/h3-8,29-31,46H,2,9-28H2,1H3,(H,48,49)(H2,44,45,61). The van der Waals surface area contributed by atoms with Crippen molar-refractivity contribution in [3.05, 3.63) is 70.4 Å². The lowest BCUT2D eigenvalue weighted by Gasteiger charge is -2.18. The lowest BCUT2D eigenvalue weighted by atomic mass is 9.90. The van der Waals surface area contributed by atoms with Crippen LogP contribution in [0.3, 0.4) is 0 Å². The average molecular weight is 875 g/mol. The topological polar surface area (TPSA) is 204 Å². The number of carboxylic acid groups (broad SMARTS) is 1. The number of carbonyl (C=O) groups is 1. The van der Waals surface area contributed by atoms with Crippen molar-refractivity contribution in [2.45, 2.75) is 6.92 Å². The predicted octanol–water partition coefficient (Wildman–Crippen LogP) is 4.44.